The van der Waals surface area contributed by atoms with Crippen LogP contribution >= 0.6 is 0 Å². The van der Waals surface area contributed by atoms with Gasteiger partial charge >= 0.3 is 0 Å². The Hall–Kier alpha value is -6.65. The summed E-state index contributed by atoms with van der Waals surface area (Å²) in [7, 11) is 0. The molecule has 0 aliphatic rings. The Morgan fingerprint density at radius 2 is 0.880 bits per heavy atom. The predicted molar refractivity (Wildman–Crippen MR) is 204 cm³/mol. The first-order valence-corrected chi connectivity index (χ1v) is 16.8. The zero-order chi connectivity index (χ0) is 33.4. The van der Waals surface area contributed by atoms with Crippen LogP contribution in [0.1, 0.15) is 5.56 Å². The number of furan rings is 1. The highest BCUT2D eigenvalue weighted by Gasteiger charge is 2.17. The Kier molecular flexibility index (Phi) is 7.33. The highest BCUT2D eigenvalue weighted by atomic mass is 16.3. The summed E-state index contributed by atoms with van der Waals surface area (Å²) < 4.78 is 6.45. The van der Waals surface area contributed by atoms with Crippen molar-refractivity contribution in [3.05, 3.63) is 175 Å². The van der Waals surface area contributed by atoms with E-state index in [9.17, 15) is 0 Å². The average Bonchev–Trinajstić information content (AvgIpc) is 3.57. The molecule has 4 nitrogen and oxygen atoms in total. The molecule has 0 saturated heterocycles. The normalized spacial score (nSPS) is 11.3. The fourth-order valence-corrected chi connectivity index (χ4v) is 6.74. The van der Waals surface area contributed by atoms with Gasteiger partial charge in [0.2, 0.25) is 0 Å². The van der Waals surface area contributed by atoms with Gasteiger partial charge in [-0.15, -0.1) is 0 Å². The van der Waals surface area contributed by atoms with Crippen molar-refractivity contribution < 1.29 is 4.42 Å². The fraction of sp³-hybridized carbons (Fsp3) is 0.0217. The van der Waals surface area contributed by atoms with E-state index >= 15 is 0 Å². The molecule has 0 N–H and O–H groups in total. The molecule has 0 spiro atoms. The largest absolute Gasteiger partial charge is 0.456 e. The molecule has 0 aliphatic heterocycles. The van der Waals surface area contributed by atoms with Crippen LogP contribution in [0.3, 0.4) is 0 Å². The first-order chi connectivity index (χ1) is 24.7. The monoisotopic (exact) mass is 641 g/mol. The molecule has 50 heavy (non-hydrogen) atoms. The van der Waals surface area contributed by atoms with Crippen molar-refractivity contribution in [3.8, 4) is 67.5 Å². The van der Waals surface area contributed by atoms with Crippen molar-refractivity contribution in [1.82, 2.24) is 15.0 Å². The molecular weight excluding hydrogens is 611 g/mol. The predicted octanol–water partition coefficient (Wildman–Crippen LogP) is 12.1. The Morgan fingerprint density at radius 3 is 1.58 bits per heavy atom. The van der Waals surface area contributed by atoms with Crippen molar-refractivity contribution in [2.24, 2.45) is 0 Å². The van der Waals surface area contributed by atoms with Gasteiger partial charge < -0.3 is 4.42 Å². The number of nitrogens with zero attached hydrogens (tertiary/aromatic N) is 3. The number of hydrogen-bond acceptors (Lipinski definition) is 4. The molecule has 0 fully saturated rings. The minimum Gasteiger partial charge on any atom is -0.456 e. The van der Waals surface area contributed by atoms with E-state index in [1.165, 1.54) is 16.7 Å². The number of aromatic nitrogens is 3. The molecule has 0 atom stereocenters. The molecule has 9 aromatic rings. The third kappa shape index (κ3) is 5.43. The van der Waals surface area contributed by atoms with E-state index in [1.54, 1.807) is 0 Å². The van der Waals surface area contributed by atoms with Crippen LogP contribution in [0.4, 0.5) is 0 Å². The first kappa shape index (κ1) is 29.5. The van der Waals surface area contributed by atoms with Crippen LogP contribution in [0.15, 0.2) is 174 Å². The van der Waals surface area contributed by atoms with Gasteiger partial charge in [-0.05, 0) is 76.2 Å². The number of benzene rings is 7. The minimum atomic E-state index is 0.589. The maximum Gasteiger partial charge on any atom is 0.164 e. The molecule has 0 bridgehead atoms. The van der Waals surface area contributed by atoms with E-state index in [-0.39, 0.29) is 0 Å². The third-order valence-corrected chi connectivity index (χ3v) is 9.28. The van der Waals surface area contributed by atoms with E-state index in [4.69, 9.17) is 19.4 Å². The highest BCUT2D eigenvalue weighted by molar-refractivity contribution is 6.13. The Morgan fingerprint density at radius 1 is 0.360 bits per heavy atom. The Balaban J connectivity index is 1.16. The minimum absolute atomic E-state index is 0.589. The van der Waals surface area contributed by atoms with Crippen LogP contribution in [0.5, 0.6) is 0 Å². The van der Waals surface area contributed by atoms with E-state index in [0.29, 0.717) is 17.5 Å². The van der Waals surface area contributed by atoms with Gasteiger partial charge in [0.1, 0.15) is 11.2 Å². The molecular formula is C46H31N3O. The van der Waals surface area contributed by atoms with Gasteiger partial charge in [-0.3, -0.25) is 0 Å². The number of rotatable bonds is 6. The molecule has 0 unspecified atom stereocenters. The average molecular weight is 642 g/mol. The molecule has 0 radical (unpaired) electrons. The molecule has 236 valence electrons. The van der Waals surface area contributed by atoms with Crippen LogP contribution < -0.4 is 0 Å². The second-order valence-corrected chi connectivity index (χ2v) is 12.5. The summed E-state index contributed by atoms with van der Waals surface area (Å²) >= 11 is 0. The summed E-state index contributed by atoms with van der Waals surface area (Å²) in [5.41, 5.74) is 12.6. The van der Waals surface area contributed by atoms with Gasteiger partial charge in [-0.1, -0.05) is 140 Å². The summed E-state index contributed by atoms with van der Waals surface area (Å²) in [5, 5.41) is 2.16. The van der Waals surface area contributed by atoms with E-state index < -0.39 is 0 Å². The summed E-state index contributed by atoms with van der Waals surface area (Å²) in [4.78, 5) is 15.1. The zero-order valence-corrected chi connectivity index (χ0v) is 27.4. The molecule has 0 saturated carbocycles. The van der Waals surface area contributed by atoms with Gasteiger partial charge in [-0.2, -0.15) is 0 Å². The van der Waals surface area contributed by atoms with Gasteiger partial charge in [-0.25, -0.2) is 15.0 Å². The van der Waals surface area contributed by atoms with Crippen molar-refractivity contribution in [2.45, 2.75) is 6.92 Å². The van der Waals surface area contributed by atoms with Crippen molar-refractivity contribution in [3.63, 3.8) is 0 Å². The lowest BCUT2D eigenvalue weighted by molar-refractivity contribution is 0.669. The van der Waals surface area contributed by atoms with E-state index in [2.05, 4.69) is 122 Å². The van der Waals surface area contributed by atoms with Crippen LogP contribution in [-0.2, 0) is 0 Å². The number of aryl methyl sites for hydroxylation is 1. The molecule has 2 heterocycles. The summed E-state index contributed by atoms with van der Waals surface area (Å²) in [6, 6.07) is 58.6. The van der Waals surface area contributed by atoms with Gasteiger partial charge in [0, 0.05) is 27.5 Å². The van der Waals surface area contributed by atoms with Gasteiger partial charge in [0.05, 0.1) is 0 Å². The lowest BCUT2D eigenvalue weighted by Gasteiger charge is -2.12. The number of fused-ring (bicyclic) bond motifs is 3. The third-order valence-electron chi connectivity index (χ3n) is 9.28. The quantitative estimate of drug-likeness (QED) is 0.181. The molecule has 7 aromatic carbocycles. The van der Waals surface area contributed by atoms with E-state index in [0.717, 1.165) is 60.9 Å². The van der Waals surface area contributed by atoms with Gasteiger partial charge in [0.15, 0.2) is 17.5 Å². The smallest absolute Gasteiger partial charge is 0.164 e. The molecule has 2 aromatic heterocycles. The molecule has 0 aliphatic carbocycles. The Bertz CT molecular complexity index is 2650. The first-order valence-electron chi connectivity index (χ1n) is 16.8. The topological polar surface area (TPSA) is 51.8 Å². The second-order valence-electron chi connectivity index (χ2n) is 12.5. The lowest BCUT2D eigenvalue weighted by Crippen LogP contribution is -2.00. The van der Waals surface area contributed by atoms with Gasteiger partial charge in [0.25, 0.3) is 0 Å². The van der Waals surface area contributed by atoms with Crippen molar-refractivity contribution in [2.75, 3.05) is 0 Å². The summed E-state index contributed by atoms with van der Waals surface area (Å²) in [6.07, 6.45) is 0. The van der Waals surface area contributed by atoms with Crippen LogP contribution in [0.2, 0.25) is 0 Å². The standard InChI is InChI=1S/C46H31N3O/c1-30-23-24-35(28-40(30)32-15-7-3-8-16-32)34-19-11-20-36(27-34)45-47-44(33-17-9-4-10-18-33)48-46(49-45)37-25-26-39-42(29-37)50-41-22-12-21-38(43(39)41)31-13-5-2-6-14-31/h2-29H,1H3. The van der Waals surface area contributed by atoms with Crippen LogP contribution in [0, 0.1) is 6.92 Å². The maximum atomic E-state index is 6.45. The molecule has 0 amide bonds. The highest BCUT2D eigenvalue weighted by Crippen LogP contribution is 2.38. The van der Waals surface area contributed by atoms with Crippen LogP contribution in [-0.4, -0.2) is 15.0 Å². The second kappa shape index (κ2) is 12.4. The molecule has 9 rings (SSSR count). The zero-order valence-electron chi connectivity index (χ0n) is 27.4. The SMILES string of the molecule is Cc1ccc(-c2cccc(-c3nc(-c4ccccc4)nc(-c4ccc5c(c4)oc4cccc(-c6ccccc6)c45)n3)c2)cc1-c1ccccc1. The summed E-state index contributed by atoms with van der Waals surface area (Å²) in [5.74, 6) is 1.82. The lowest BCUT2D eigenvalue weighted by atomic mass is 9.94. The van der Waals surface area contributed by atoms with Crippen molar-refractivity contribution in [1.29, 1.82) is 0 Å². The maximum absolute atomic E-state index is 6.45. The van der Waals surface area contributed by atoms with Crippen LogP contribution in [0.25, 0.3) is 89.5 Å². The Labute approximate surface area is 290 Å². The number of hydrogen-bond donors (Lipinski definition) is 0. The molecule has 4 heteroatoms. The van der Waals surface area contributed by atoms with E-state index in [1.807, 2.05) is 54.6 Å². The fourth-order valence-electron chi connectivity index (χ4n) is 6.74. The van der Waals surface area contributed by atoms with Crippen molar-refractivity contribution >= 4 is 21.9 Å². The summed E-state index contributed by atoms with van der Waals surface area (Å²) in [6.45, 7) is 2.16.